The molecule has 2 unspecified atom stereocenters. The first-order valence-corrected chi connectivity index (χ1v) is 10.9. The topological polar surface area (TPSA) is 3.24 Å². The zero-order chi connectivity index (χ0) is 20.4. The highest BCUT2D eigenvalue weighted by Crippen LogP contribution is 2.32. The molecule has 0 amide bonds. The number of piperidine rings is 1. The molecular formula is C25H37F2N. The largest absolute Gasteiger partial charge is 0.291 e. The van der Waals surface area contributed by atoms with Gasteiger partial charge in [0, 0.05) is 30.6 Å². The molecule has 1 heterocycles. The molecule has 2 atom stereocenters. The van der Waals surface area contributed by atoms with Crippen LogP contribution in [0.2, 0.25) is 0 Å². The number of rotatable bonds is 10. The molecule has 0 aliphatic carbocycles. The summed E-state index contributed by atoms with van der Waals surface area (Å²) in [5, 5.41) is 0. The van der Waals surface area contributed by atoms with Gasteiger partial charge in [-0.25, -0.2) is 8.78 Å². The van der Waals surface area contributed by atoms with E-state index in [1.807, 2.05) is 6.08 Å². The summed E-state index contributed by atoms with van der Waals surface area (Å²) in [7, 11) is 0. The van der Waals surface area contributed by atoms with Crippen molar-refractivity contribution in [1.82, 2.24) is 4.90 Å². The summed E-state index contributed by atoms with van der Waals surface area (Å²) < 4.78 is 28.8. The van der Waals surface area contributed by atoms with Crippen molar-refractivity contribution in [3.8, 4) is 0 Å². The number of likely N-dealkylation sites (tertiary alicyclic amines) is 1. The van der Waals surface area contributed by atoms with E-state index < -0.39 is 5.92 Å². The fraction of sp³-hybridized carbons (Fsp3) is 0.600. The molecule has 0 aromatic heterocycles. The molecule has 0 bridgehead atoms. The van der Waals surface area contributed by atoms with E-state index in [9.17, 15) is 8.78 Å². The average Bonchev–Trinajstić information content (AvgIpc) is 2.66. The monoisotopic (exact) mass is 389 g/mol. The maximum atomic E-state index is 14.4. The first-order valence-electron chi connectivity index (χ1n) is 10.9. The van der Waals surface area contributed by atoms with Crippen molar-refractivity contribution in [2.45, 2.75) is 83.7 Å². The number of allylic oxidation sites excluding steroid dienone is 2. The molecule has 1 fully saturated rings. The molecule has 0 radical (unpaired) electrons. The summed E-state index contributed by atoms with van der Waals surface area (Å²) in [6, 6.07) is 8.89. The first kappa shape index (κ1) is 22.8. The molecular weight excluding hydrogens is 352 g/mol. The zero-order valence-corrected chi connectivity index (χ0v) is 17.8. The maximum Gasteiger partial charge on any atom is 0.276 e. The Morgan fingerprint density at radius 1 is 1.11 bits per heavy atom. The third-order valence-electron chi connectivity index (χ3n) is 5.68. The predicted octanol–water partition coefficient (Wildman–Crippen LogP) is 7.35. The maximum absolute atomic E-state index is 14.4. The van der Waals surface area contributed by atoms with Crippen LogP contribution in [-0.2, 0) is 5.92 Å². The summed E-state index contributed by atoms with van der Waals surface area (Å²) in [4.78, 5) is 2.46. The van der Waals surface area contributed by atoms with Crippen molar-refractivity contribution < 1.29 is 8.78 Å². The Kier molecular flexibility index (Phi) is 9.37. The van der Waals surface area contributed by atoms with E-state index in [0.29, 0.717) is 6.04 Å². The van der Waals surface area contributed by atoms with Crippen LogP contribution in [0.4, 0.5) is 8.78 Å². The minimum absolute atomic E-state index is 0.0952. The highest BCUT2D eigenvalue weighted by Gasteiger charge is 2.30. The number of unbranched alkanes of at least 4 members (excludes halogenated alkanes) is 1. The third-order valence-corrected chi connectivity index (χ3v) is 5.68. The summed E-state index contributed by atoms with van der Waals surface area (Å²) in [6.45, 7) is 7.69. The van der Waals surface area contributed by atoms with Crippen molar-refractivity contribution >= 4 is 0 Å². The fourth-order valence-electron chi connectivity index (χ4n) is 3.93. The van der Waals surface area contributed by atoms with Crippen LogP contribution in [0.3, 0.4) is 0 Å². The molecule has 1 aliphatic rings. The Bertz CT molecular complexity index is 606. The summed E-state index contributed by atoms with van der Waals surface area (Å²) in [5.41, 5.74) is 0.0952. The molecule has 156 valence electrons. The normalized spacial score (nSPS) is 21.9. The van der Waals surface area contributed by atoms with E-state index in [4.69, 9.17) is 0 Å². The number of benzene rings is 1. The Balaban J connectivity index is 1.88. The highest BCUT2D eigenvalue weighted by molar-refractivity contribution is 5.21. The molecule has 1 aromatic rings. The van der Waals surface area contributed by atoms with Crippen molar-refractivity contribution in [3.05, 3.63) is 60.2 Å². The summed E-state index contributed by atoms with van der Waals surface area (Å²) in [5.74, 6) is -2.04. The van der Waals surface area contributed by atoms with Gasteiger partial charge in [0.25, 0.3) is 5.92 Å². The van der Waals surface area contributed by atoms with Crippen molar-refractivity contribution in [1.29, 1.82) is 0 Å². The van der Waals surface area contributed by atoms with Crippen LogP contribution in [-0.4, -0.2) is 23.5 Å². The lowest BCUT2D eigenvalue weighted by Gasteiger charge is -2.38. The lowest BCUT2D eigenvalue weighted by atomic mass is 9.95. The van der Waals surface area contributed by atoms with E-state index in [1.54, 1.807) is 24.3 Å². The quantitative estimate of drug-likeness (QED) is 0.299. The Morgan fingerprint density at radius 3 is 2.57 bits per heavy atom. The van der Waals surface area contributed by atoms with Crippen molar-refractivity contribution in [2.24, 2.45) is 5.92 Å². The number of nitrogens with zero attached hydrogens (tertiary/aromatic N) is 1. The minimum atomic E-state index is -2.81. The number of halogens is 2. The highest BCUT2D eigenvalue weighted by atomic mass is 19.3. The second-order valence-corrected chi connectivity index (χ2v) is 8.54. The molecule has 3 heteroatoms. The van der Waals surface area contributed by atoms with Gasteiger partial charge in [-0.05, 0) is 38.5 Å². The van der Waals surface area contributed by atoms with Gasteiger partial charge in [-0.3, -0.25) is 4.90 Å². The first-order chi connectivity index (χ1) is 13.4. The van der Waals surface area contributed by atoms with Crippen LogP contribution in [0, 0.1) is 5.92 Å². The van der Waals surface area contributed by atoms with E-state index in [2.05, 4.69) is 37.8 Å². The van der Waals surface area contributed by atoms with Gasteiger partial charge in [0.05, 0.1) is 0 Å². The van der Waals surface area contributed by atoms with Crippen molar-refractivity contribution in [2.75, 3.05) is 6.54 Å². The number of hydrogen-bond acceptors (Lipinski definition) is 1. The SMILES string of the molecule is CC(C)CCC/C=C\CN1C(C)CCCC1/C=C/CC(F)(F)c1ccccc1. The smallest absolute Gasteiger partial charge is 0.276 e. The molecule has 1 saturated heterocycles. The molecule has 1 aromatic carbocycles. The molecule has 2 rings (SSSR count). The van der Waals surface area contributed by atoms with Gasteiger partial charge in [0.15, 0.2) is 0 Å². The lowest BCUT2D eigenvalue weighted by molar-refractivity contribution is -0.00119. The Hall–Kier alpha value is -1.48. The minimum Gasteiger partial charge on any atom is -0.291 e. The van der Waals surface area contributed by atoms with Crippen LogP contribution in [0.5, 0.6) is 0 Å². The van der Waals surface area contributed by atoms with Gasteiger partial charge in [0.1, 0.15) is 0 Å². The second kappa shape index (κ2) is 11.5. The van der Waals surface area contributed by atoms with Gasteiger partial charge in [-0.15, -0.1) is 0 Å². The third kappa shape index (κ3) is 7.50. The van der Waals surface area contributed by atoms with Crippen molar-refractivity contribution in [3.63, 3.8) is 0 Å². The fourth-order valence-corrected chi connectivity index (χ4v) is 3.93. The van der Waals surface area contributed by atoms with Gasteiger partial charge in [-0.1, -0.05) is 81.3 Å². The van der Waals surface area contributed by atoms with Crippen LogP contribution in [0.1, 0.15) is 71.3 Å². The Labute approximate surface area is 170 Å². The predicted molar refractivity (Wildman–Crippen MR) is 116 cm³/mol. The standard InChI is InChI=1S/C25H37F2N/c1-21(2)13-7-4-5-10-20-28-22(3)14-11-17-24(28)18-12-19-25(26,27)23-15-8-6-9-16-23/h5-6,8-10,12,15-16,18,21-22,24H,4,7,11,13-14,17,19-20H2,1-3H3/b10-5-,18-12+. The van der Waals surface area contributed by atoms with E-state index in [1.165, 1.54) is 37.8 Å². The number of alkyl halides is 2. The van der Waals surface area contributed by atoms with Crippen LogP contribution >= 0.6 is 0 Å². The molecule has 0 saturated carbocycles. The average molecular weight is 390 g/mol. The van der Waals surface area contributed by atoms with E-state index in [-0.39, 0.29) is 18.0 Å². The van der Waals surface area contributed by atoms with Crippen LogP contribution in [0.15, 0.2) is 54.6 Å². The second-order valence-electron chi connectivity index (χ2n) is 8.54. The summed E-state index contributed by atoms with van der Waals surface area (Å²) in [6.07, 6.45) is 15.1. The number of hydrogen-bond donors (Lipinski definition) is 0. The molecule has 1 aliphatic heterocycles. The van der Waals surface area contributed by atoms with Crippen LogP contribution < -0.4 is 0 Å². The summed E-state index contributed by atoms with van der Waals surface area (Å²) >= 11 is 0. The van der Waals surface area contributed by atoms with E-state index in [0.717, 1.165) is 25.3 Å². The Morgan fingerprint density at radius 2 is 1.86 bits per heavy atom. The van der Waals surface area contributed by atoms with Gasteiger partial charge in [0.2, 0.25) is 0 Å². The zero-order valence-electron chi connectivity index (χ0n) is 17.8. The van der Waals surface area contributed by atoms with Gasteiger partial charge >= 0.3 is 0 Å². The van der Waals surface area contributed by atoms with Gasteiger partial charge < -0.3 is 0 Å². The molecule has 0 spiro atoms. The van der Waals surface area contributed by atoms with E-state index >= 15 is 0 Å². The lowest BCUT2D eigenvalue weighted by Crippen LogP contribution is -2.44. The van der Waals surface area contributed by atoms with Crippen LogP contribution in [0.25, 0.3) is 0 Å². The molecule has 28 heavy (non-hydrogen) atoms. The molecule has 1 nitrogen and oxygen atoms in total. The van der Waals surface area contributed by atoms with Gasteiger partial charge in [-0.2, -0.15) is 0 Å². The molecule has 0 N–H and O–H groups in total.